The molecule has 1 aliphatic carbocycles. The Balaban J connectivity index is 2.36. The zero-order chi connectivity index (χ0) is 13.6. The predicted octanol–water partition coefficient (Wildman–Crippen LogP) is 3.13. The molecular formula is C15H29NO2. The highest BCUT2D eigenvalue weighted by Crippen LogP contribution is 2.37. The Hall–Kier alpha value is -0.570. The van der Waals surface area contributed by atoms with E-state index in [-0.39, 0.29) is 5.97 Å². The molecule has 0 bridgehead atoms. The standard InChI is InChI=1S/C15H29NO2/c1-5-18-14(17)10-11-16-13-9-7-6-8-12(13)15(2,3)4/h12-13,16H,5-11H2,1-4H3. The topological polar surface area (TPSA) is 38.3 Å². The number of carbonyl (C=O) groups is 1. The van der Waals surface area contributed by atoms with Crippen LogP contribution in [0.25, 0.3) is 0 Å². The van der Waals surface area contributed by atoms with Crippen LogP contribution in [0.4, 0.5) is 0 Å². The van der Waals surface area contributed by atoms with Gasteiger partial charge in [-0.25, -0.2) is 0 Å². The van der Waals surface area contributed by atoms with Crippen LogP contribution in [0.5, 0.6) is 0 Å². The fraction of sp³-hybridized carbons (Fsp3) is 0.933. The third-order valence-electron chi connectivity index (χ3n) is 3.92. The van der Waals surface area contributed by atoms with Crippen LogP contribution in [-0.4, -0.2) is 25.2 Å². The van der Waals surface area contributed by atoms with E-state index in [9.17, 15) is 4.79 Å². The van der Waals surface area contributed by atoms with Gasteiger partial charge in [-0.2, -0.15) is 0 Å². The summed E-state index contributed by atoms with van der Waals surface area (Å²) in [6.45, 7) is 10.0. The summed E-state index contributed by atoms with van der Waals surface area (Å²) >= 11 is 0. The second-order valence-electron chi connectivity index (χ2n) is 6.37. The van der Waals surface area contributed by atoms with Crippen LogP contribution in [0.2, 0.25) is 0 Å². The summed E-state index contributed by atoms with van der Waals surface area (Å²) in [7, 11) is 0. The molecule has 0 amide bonds. The predicted molar refractivity (Wildman–Crippen MR) is 74.5 cm³/mol. The molecule has 1 fully saturated rings. The Morgan fingerprint density at radius 3 is 2.56 bits per heavy atom. The van der Waals surface area contributed by atoms with Gasteiger partial charge in [-0.15, -0.1) is 0 Å². The van der Waals surface area contributed by atoms with Crippen molar-refractivity contribution in [3.63, 3.8) is 0 Å². The summed E-state index contributed by atoms with van der Waals surface area (Å²) in [5, 5.41) is 3.57. The number of carbonyl (C=O) groups excluding carboxylic acids is 1. The van der Waals surface area contributed by atoms with Crippen LogP contribution in [0.1, 0.15) is 59.8 Å². The molecule has 1 saturated carbocycles. The molecule has 2 unspecified atom stereocenters. The first-order valence-corrected chi connectivity index (χ1v) is 7.34. The second-order valence-corrected chi connectivity index (χ2v) is 6.37. The van der Waals surface area contributed by atoms with Gasteiger partial charge in [0.15, 0.2) is 0 Å². The first-order valence-electron chi connectivity index (χ1n) is 7.34. The smallest absolute Gasteiger partial charge is 0.307 e. The molecule has 0 aromatic carbocycles. The Kier molecular flexibility index (Phi) is 6.13. The van der Waals surface area contributed by atoms with Gasteiger partial charge in [0.1, 0.15) is 0 Å². The molecule has 0 spiro atoms. The van der Waals surface area contributed by atoms with Crippen LogP contribution >= 0.6 is 0 Å². The molecule has 3 nitrogen and oxygen atoms in total. The van der Waals surface area contributed by atoms with Crippen molar-refractivity contribution in [1.82, 2.24) is 5.32 Å². The molecule has 0 aromatic heterocycles. The van der Waals surface area contributed by atoms with Crippen molar-refractivity contribution in [3.8, 4) is 0 Å². The highest BCUT2D eigenvalue weighted by molar-refractivity contribution is 5.69. The highest BCUT2D eigenvalue weighted by atomic mass is 16.5. The summed E-state index contributed by atoms with van der Waals surface area (Å²) in [6, 6.07) is 0.563. The largest absolute Gasteiger partial charge is 0.466 e. The van der Waals surface area contributed by atoms with E-state index in [4.69, 9.17) is 4.74 Å². The molecule has 1 rings (SSSR count). The van der Waals surface area contributed by atoms with E-state index in [1.54, 1.807) is 0 Å². The van der Waals surface area contributed by atoms with Gasteiger partial charge in [0.25, 0.3) is 0 Å². The Labute approximate surface area is 112 Å². The number of ether oxygens (including phenoxy) is 1. The minimum Gasteiger partial charge on any atom is -0.466 e. The van der Waals surface area contributed by atoms with E-state index in [2.05, 4.69) is 26.1 Å². The first kappa shape index (κ1) is 15.5. The molecule has 2 atom stereocenters. The summed E-state index contributed by atoms with van der Waals surface area (Å²) < 4.78 is 4.95. The lowest BCUT2D eigenvalue weighted by molar-refractivity contribution is -0.143. The monoisotopic (exact) mass is 255 g/mol. The van der Waals surface area contributed by atoms with E-state index in [0.717, 1.165) is 6.54 Å². The van der Waals surface area contributed by atoms with Crippen LogP contribution in [0.3, 0.4) is 0 Å². The number of nitrogens with one attached hydrogen (secondary N) is 1. The normalized spacial score (nSPS) is 24.9. The van der Waals surface area contributed by atoms with E-state index in [1.807, 2.05) is 6.92 Å². The van der Waals surface area contributed by atoms with Gasteiger partial charge in [-0.05, 0) is 31.1 Å². The van der Waals surface area contributed by atoms with Crippen LogP contribution in [0.15, 0.2) is 0 Å². The van der Waals surface area contributed by atoms with Gasteiger partial charge in [-0.3, -0.25) is 4.79 Å². The second kappa shape index (κ2) is 7.13. The molecule has 0 radical (unpaired) electrons. The maximum Gasteiger partial charge on any atom is 0.307 e. The third-order valence-corrected chi connectivity index (χ3v) is 3.92. The first-order chi connectivity index (χ1) is 8.45. The van der Waals surface area contributed by atoms with E-state index >= 15 is 0 Å². The van der Waals surface area contributed by atoms with Gasteiger partial charge in [0.05, 0.1) is 13.0 Å². The summed E-state index contributed by atoms with van der Waals surface area (Å²) in [5.74, 6) is 0.626. The van der Waals surface area contributed by atoms with Crippen molar-refractivity contribution >= 4 is 5.97 Å². The minimum absolute atomic E-state index is 0.0897. The zero-order valence-electron chi connectivity index (χ0n) is 12.4. The van der Waals surface area contributed by atoms with Crippen molar-refractivity contribution in [1.29, 1.82) is 0 Å². The fourth-order valence-electron chi connectivity index (χ4n) is 3.00. The summed E-state index contributed by atoms with van der Waals surface area (Å²) in [4.78, 5) is 11.3. The average Bonchev–Trinajstić information content (AvgIpc) is 2.28. The van der Waals surface area contributed by atoms with Crippen LogP contribution in [0, 0.1) is 11.3 Å². The molecule has 106 valence electrons. The maximum atomic E-state index is 11.3. The van der Waals surface area contributed by atoms with Crippen molar-refractivity contribution in [2.75, 3.05) is 13.2 Å². The van der Waals surface area contributed by atoms with Gasteiger partial charge in [-0.1, -0.05) is 33.6 Å². The average molecular weight is 255 g/mol. The Morgan fingerprint density at radius 2 is 1.94 bits per heavy atom. The summed E-state index contributed by atoms with van der Waals surface area (Å²) in [6.07, 6.45) is 5.69. The highest BCUT2D eigenvalue weighted by Gasteiger charge is 2.33. The molecule has 0 saturated heterocycles. The molecule has 18 heavy (non-hydrogen) atoms. The maximum absolute atomic E-state index is 11.3. The van der Waals surface area contributed by atoms with Crippen molar-refractivity contribution in [3.05, 3.63) is 0 Å². The molecule has 0 aliphatic heterocycles. The van der Waals surface area contributed by atoms with E-state index < -0.39 is 0 Å². The number of hydrogen-bond acceptors (Lipinski definition) is 3. The third kappa shape index (κ3) is 4.97. The van der Waals surface area contributed by atoms with Gasteiger partial charge in [0, 0.05) is 12.6 Å². The van der Waals surface area contributed by atoms with Crippen LogP contribution in [-0.2, 0) is 9.53 Å². The quantitative estimate of drug-likeness (QED) is 0.767. The van der Waals surface area contributed by atoms with Crippen LogP contribution < -0.4 is 5.32 Å². The number of hydrogen-bond donors (Lipinski definition) is 1. The van der Waals surface area contributed by atoms with E-state index in [1.165, 1.54) is 25.7 Å². The lowest BCUT2D eigenvalue weighted by Crippen LogP contribution is -2.44. The molecule has 3 heteroatoms. The number of rotatable bonds is 5. The molecule has 1 aliphatic rings. The van der Waals surface area contributed by atoms with Gasteiger partial charge in [0.2, 0.25) is 0 Å². The Morgan fingerprint density at radius 1 is 1.28 bits per heavy atom. The SMILES string of the molecule is CCOC(=O)CCNC1CCCCC1C(C)(C)C. The Bertz CT molecular complexity index is 258. The van der Waals surface area contributed by atoms with Gasteiger partial charge < -0.3 is 10.1 Å². The molecule has 0 aromatic rings. The van der Waals surface area contributed by atoms with Crippen molar-refractivity contribution in [2.24, 2.45) is 11.3 Å². The van der Waals surface area contributed by atoms with Gasteiger partial charge >= 0.3 is 5.97 Å². The molecule has 1 N–H and O–H groups in total. The number of esters is 1. The minimum atomic E-state index is -0.0897. The summed E-state index contributed by atoms with van der Waals surface area (Å²) in [5.41, 5.74) is 0.349. The molecular weight excluding hydrogens is 226 g/mol. The van der Waals surface area contributed by atoms with Crippen molar-refractivity contribution < 1.29 is 9.53 Å². The zero-order valence-corrected chi connectivity index (χ0v) is 12.4. The van der Waals surface area contributed by atoms with E-state index in [0.29, 0.717) is 30.4 Å². The lowest BCUT2D eigenvalue weighted by atomic mass is 9.69. The molecule has 0 heterocycles. The van der Waals surface area contributed by atoms with Crippen molar-refractivity contribution in [2.45, 2.75) is 65.8 Å². The fourth-order valence-corrected chi connectivity index (χ4v) is 3.00. The lowest BCUT2D eigenvalue weighted by Gasteiger charge is -2.41.